The minimum Gasteiger partial charge on any atom is -0.304 e. The minimum atomic E-state index is -3.40. The highest BCUT2D eigenvalue weighted by Crippen LogP contribution is 2.68. The average Bonchev–Trinajstić information content (AvgIpc) is 3.11. The molecule has 148 valence electrons. The van der Waals surface area contributed by atoms with Crippen molar-refractivity contribution in [3.05, 3.63) is 107 Å². The van der Waals surface area contributed by atoms with E-state index in [0.717, 1.165) is 16.9 Å². The molecule has 0 bridgehead atoms. The van der Waals surface area contributed by atoms with Gasteiger partial charge in [0.25, 0.3) is 7.44 Å². The maximum atomic E-state index is 14.9. The van der Waals surface area contributed by atoms with Crippen LogP contribution in [-0.4, -0.2) is 24.6 Å². The number of hydrogen-bond acceptors (Lipinski definition) is 3. The zero-order chi connectivity index (χ0) is 20.3. The van der Waals surface area contributed by atoms with Gasteiger partial charge in [-0.05, 0) is 29.8 Å². The Bertz CT molecular complexity index is 964. The van der Waals surface area contributed by atoms with Crippen molar-refractivity contribution in [3.63, 3.8) is 0 Å². The van der Waals surface area contributed by atoms with Gasteiger partial charge in [0.05, 0.1) is 0 Å². The molecule has 0 aromatic heterocycles. The van der Waals surface area contributed by atoms with E-state index in [-0.39, 0.29) is 4.92 Å². The molecule has 1 fully saturated rings. The lowest BCUT2D eigenvalue weighted by Crippen LogP contribution is -2.27. The Morgan fingerprint density at radius 2 is 1.21 bits per heavy atom. The molecule has 1 atom stereocenters. The first kappa shape index (κ1) is 19.2. The third-order valence-electron chi connectivity index (χ3n) is 5.24. The first-order chi connectivity index (χ1) is 14.1. The lowest BCUT2D eigenvalue weighted by atomic mass is 10.1. The summed E-state index contributed by atoms with van der Waals surface area (Å²) in [5, 5.41) is 11.6. The molecule has 0 aliphatic carbocycles. The zero-order valence-corrected chi connectivity index (χ0v) is 16.8. The fourth-order valence-electron chi connectivity index (χ4n) is 3.95. The van der Waals surface area contributed by atoms with Gasteiger partial charge >= 0.3 is 0 Å². The molecule has 0 saturated carbocycles. The summed E-state index contributed by atoms with van der Waals surface area (Å²) in [6.45, 7) is 0.683. The van der Waals surface area contributed by atoms with Gasteiger partial charge in [-0.15, -0.1) is 0 Å². The third kappa shape index (κ3) is 3.64. The predicted octanol–water partition coefficient (Wildman–Crippen LogP) is 5.22. The summed E-state index contributed by atoms with van der Waals surface area (Å²) >= 11 is 0. The van der Waals surface area contributed by atoms with E-state index in [1.807, 2.05) is 100 Å². The fourth-order valence-corrected chi connectivity index (χ4v) is 7.48. The molecule has 1 aliphatic rings. The van der Waals surface area contributed by atoms with Crippen molar-refractivity contribution < 1.29 is 9.49 Å². The number of nitro groups is 1. The lowest BCUT2D eigenvalue weighted by molar-refractivity contribution is -0.480. The summed E-state index contributed by atoms with van der Waals surface area (Å²) in [4.78, 5) is 11.3. The number of anilines is 2. The number of para-hydroxylation sites is 2. The molecule has 0 amide bonds. The molecular weight excluding hydrogens is 385 g/mol. The van der Waals surface area contributed by atoms with Crippen molar-refractivity contribution >= 4 is 18.8 Å². The topological polar surface area (TPSA) is 66.7 Å². The van der Waals surface area contributed by atoms with Gasteiger partial charge in [0.15, 0.2) is 0 Å². The van der Waals surface area contributed by atoms with Crippen LogP contribution in [0.2, 0.25) is 0 Å². The third-order valence-corrected chi connectivity index (χ3v) is 8.76. The highest BCUT2D eigenvalue weighted by molar-refractivity contribution is 7.68. The first-order valence-corrected chi connectivity index (χ1v) is 11.2. The monoisotopic (exact) mass is 407 g/mol. The Kier molecular flexibility index (Phi) is 5.36. The molecule has 3 aromatic carbocycles. The summed E-state index contributed by atoms with van der Waals surface area (Å²) in [5.74, 6) is 0. The van der Waals surface area contributed by atoms with Crippen LogP contribution in [0.25, 0.3) is 0 Å². The maximum absolute atomic E-state index is 14.9. The van der Waals surface area contributed by atoms with E-state index in [9.17, 15) is 14.7 Å². The normalized spacial score (nSPS) is 16.6. The summed E-state index contributed by atoms with van der Waals surface area (Å²) in [7, 11) is -3.40. The molecule has 4 rings (SSSR count). The van der Waals surface area contributed by atoms with Crippen molar-refractivity contribution in [1.29, 1.82) is 0 Å². The summed E-state index contributed by atoms with van der Waals surface area (Å²) in [6, 6.07) is 28.3. The molecule has 0 spiro atoms. The van der Waals surface area contributed by atoms with Crippen LogP contribution in [0.1, 0.15) is 11.2 Å². The summed E-state index contributed by atoms with van der Waals surface area (Å²) < 4.78 is 18.6. The molecule has 7 heteroatoms. The summed E-state index contributed by atoms with van der Waals surface area (Å²) in [6.07, 6.45) is 0. The number of hydrogen-bond donors (Lipinski definition) is 0. The molecule has 1 unspecified atom stereocenters. The van der Waals surface area contributed by atoms with Crippen LogP contribution in [-0.2, 0) is 4.57 Å². The van der Waals surface area contributed by atoms with Gasteiger partial charge in [-0.3, -0.25) is 14.7 Å². The molecule has 29 heavy (non-hydrogen) atoms. The van der Waals surface area contributed by atoms with Crippen LogP contribution in [0.5, 0.6) is 0 Å². The van der Waals surface area contributed by atoms with E-state index in [0.29, 0.717) is 13.1 Å². The molecule has 0 N–H and O–H groups in total. The molecule has 3 aromatic rings. The zero-order valence-electron chi connectivity index (χ0n) is 15.9. The standard InChI is InChI=1S/C22H22N3O3P/c26-25(27)18-22(19-10-4-1-5-11-19)29(28)23(20-12-6-2-7-13-20)16-17-24(29)21-14-8-3-9-15-21/h1-15,22H,16-18H2. The van der Waals surface area contributed by atoms with Gasteiger partial charge in [0, 0.05) is 29.4 Å². The fraction of sp³-hybridized carbons (Fsp3) is 0.182. The van der Waals surface area contributed by atoms with Crippen molar-refractivity contribution in [2.24, 2.45) is 0 Å². The van der Waals surface area contributed by atoms with Crippen molar-refractivity contribution in [1.82, 2.24) is 0 Å². The Balaban J connectivity index is 1.89. The van der Waals surface area contributed by atoms with E-state index in [1.54, 1.807) is 0 Å². The summed E-state index contributed by atoms with van der Waals surface area (Å²) in [5.41, 5.74) is 1.61. The highest BCUT2D eigenvalue weighted by Gasteiger charge is 2.51. The largest absolute Gasteiger partial charge is 0.304 e. The quantitative estimate of drug-likeness (QED) is 0.318. The first-order valence-electron chi connectivity index (χ1n) is 9.53. The van der Waals surface area contributed by atoms with Gasteiger partial charge in [-0.25, -0.2) is 0 Å². The van der Waals surface area contributed by atoms with Crippen LogP contribution in [0.3, 0.4) is 0 Å². The number of rotatable bonds is 6. The van der Waals surface area contributed by atoms with Crippen LogP contribution in [0.4, 0.5) is 11.4 Å². The van der Waals surface area contributed by atoms with Gasteiger partial charge in [0.2, 0.25) is 6.54 Å². The van der Waals surface area contributed by atoms with E-state index < -0.39 is 19.6 Å². The minimum absolute atomic E-state index is 0.359. The van der Waals surface area contributed by atoms with Crippen molar-refractivity contribution in [3.8, 4) is 0 Å². The Morgan fingerprint density at radius 1 is 0.793 bits per heavy atom. The lowest BCUT2D eigenvalue weighted by Gasteiger charge is -2.36. The van der Waals surface area contributed by atoms with Crippen molar-refractivity contribution in [2.75, 3.05) is 29.0 Å². The van der Waals surface area contributed by atoms with Crippen LogP contribution in [0.15, 0.2) is 91.0 Å². The second kappa shape index (κ2) is 8.10. The highest BCUT2D eigenvalue weighted by atomic mass is 31.2. The van der Waals surface area contributed by atoms with E-state index in [2.05, 4.69) is 0 Å². The predicted molar refractivity (Wildman–Crippen MR) is 116 cm³/mol. The molecular formula is C22H22N3O3P. The van der Waals surface area contributed by atoms with Gasteiger partial charge in [0.1, 0.15) is 5.66 Å². The van der Waals surface area contributed by atoms with E-state index in [4.69, 9.17) is 0 Å². The van der Waals surface area contributed by atoms with Gasteiger partial charge in [-0.2, -0.15) is 0 Å². The SMILES string of the molecule is O=[N+]([O-])CC(c1ccccc1)P1(=O)N(c2ccccc2)CCN1c1ccccc1. The molecule has 0 radical (unpaired) electrons. The average molecular weight is 407 g/mol. The molecule has 1 saturated heterocycles. The van der Waals surface area contributed by atoms with Gasteiger partial charge < -0.3 is 9.34 Å². The van der Waals surface area contributed by atoms with Crippen LogP contribution < -0.4 is 9.34 Å². The van der Waals surface area contributed by atoms with Crippen LogP contribution in [0, 0.1) is 10.1 Å². The molecule has 1 aliphatic heterocycles. The number of nitrogens with zero attached hydrogens (tertiary/aromatic N) is 3. The maximum Gasteiger partial charge on any atom is 0.277 e. The van der Waals surface area contributed by atoms with E-state index in [1.165, 1.54) is 0 Å². The Labute approximate surface area is 170 Å². The second-order valence-corrected chi connectivity index (χ2v) is 9.72. The van der Waals surface area contributed by atoms with Crippen molar-refractivity contribution in [2.45, 2.75) is 5.66 Å². The second-order valence-electron chi connectivity index (χ2n) is 6.95. The number of benzene rings is 3. The van der Waals surface area contributed by atoms with Crippen LogP contribution >= 0.6 is 7.44 Å². The molecule has 6 nitrogen and oxygen atoms in total. The van der Waals surface area contributed by atoms with Gasteiger partial charge in [-0.1, -0.05) is 66.7 Å². The smallest absolute Gasteiger partial charge is 0.277 e. The Morgan fingerprint density at radius 3 is 1.62 bits per heavy atom. The Hall–Kier alpha value is -3.11. The van der Waals surface area contributed by atoms with E-state index >= 15 is 0 Å². The molecule has 1 heterocycles.